The van der Waals surface area contributed by atoms with Crippen LogP contribution in [0.25, 0.3) is 0 Å². The van der Waals surface area contributed by atoms with E-state index in [0.717, 1.165) is 18.4 Å². The molecule has 0 unspecified atom stereocenters. The number of carbonyl (C=O) groups excluding carboxylic acids is 1. The number of hydrogen-bond acceptors (Lipinski definition) is 5. The lowest BCUT2D eigenvalue weighted by Gasteiger charge is -2.36. The number of rotatable bonds is 5. The predicted molar refractivity (Wildman–Crippen MR) is 115 cm³/mol. The molecule has 2 aromatic rings. The van der Waals surface area contributed by atoms with Crippen LogP contribution in [0.3, 0.4) is 0 Å². The zero-order valence-corrected chi connectivity index (χ0v) is 18.4. The molecule has 2 aliphatic rings. The second-order valence-electron chi connectivity index (χ2n) is 6.57. The molecule has 2 amide bonds. The Hall–Kier alpha value is -2.25. The number of fused-ring (bicyclic) bond motifs is 1. The highest BCUT2D eigenvalue weighted by Gasteiger charge is 2.37. The first-order valence-corrected chi connectivity index (χ1v) is 10.3. The summed E-state index contributed by atoms with van der Waals surface area (Å²) in [6, 6.07) is 3.19. The molecule has 1 aromatic carbocycles. The van der Waals surface area contributed by atoms with Crippen LogP contribution in [-0.2, 0) is 6.54 Å². The van der Waals surface area contributed by atoms with E-state index in [1.54, 1.807) is 35.2 Å². The number of aromatic nitrogens is 2. The third-order valence-electron chi connectivity index (χ3n) is 4.74. The summed E-state index contributed by atoms with van der Waals surface area (Å²) in [5, 5.41) is 0.466. The van der Waals surface area contributed by atoms with Gasteiger partial charge >= 0.3 is 6.03 Å². The minimum atomic E-state index is -0.207. The zero-order valence-electron chi connectivity index (χ0n) is 16.9. The Morgan fingerprint density at radius 1 is 1.17 bits per heavy atom. The first kappa shape index (κ1) is 21.5. The van der Waals surface area contributed by atoms with E-state index in [4.69, 9.17) is 32.7 Å². The first-order valence-electron chi connectivity index (χ1n) is 9.53. The molecule has 0 bridgehead atoms. The lowest BCUT2D eigenvalue weighted by molar-refractivity contribution is 0.249. The molecular weight excluding hydrogens is 415 g/mol. The molecular formula is C20H24Cl2N4O3. The molecule has 0 atom stereocenters. The molecule has 7 nitrogen and oxygen atoms in total. The van der Waals surface area contributed by atoms with Gasteiger partial charge < -0.3 is 9.47 Å². The van der Waals surface area contributed by atoms with Crippen LogP contribution in [0.5, 0.6) is 11.5 Å². The molecule has 1 aliphatic carbocycles. The molecule has 0 N–H and O–H groups in total. The molecule has 1 aliphatic heterocycles. The van der Waals surface area contributed by atoms with Crippen molar-refractivity contribution in [1.29, 1.82) is 0 Å². The summed E-state index contributed by atoms with van der Waals surface area (Å²) in [6.07, 6.45) is 3.85. The van der Waals surface area contributed by atoms with Gasteiger partial charge in [-0.2, -0.15) is 4.98 Å². The van der Waals surface area contributed by atoms with Crippen LogP contribution in [0, 0.1) is 5.92 Å². The SMILES string of the molecule is CC.COc1cc(OC)c(Cl)c(N2Cc3cnc(Cl)nc3N(CC3CC3)C2=O)c1. The van der Waals surface area contributed by atoms with E-state index in [-0.39, 0.29) is 17.9 Å². The Kier molecular flexibility index (Phi) is 6.70. The normalized spacial score (nSPS) is 15.4. The van der Waals surface area contributed by atoms with E-state index in [9.17, 15) is 4.79 Å². The average Bonchev–Trinajstić information content (AvgIpc) is 3.56. The summed E-state index contributed by atoms with van der Waals surface area (Å²) in [5.74, 6) is 2.02. The molecule has 2 heterocycles. The predicted octanol–water partition coefficient (Wildman–Crippen LogP) is 5.18. The molecule has 4 rings (SSSR count). The molecule has 9 heteroatoms. The summed E-state index contributed by atoms with van der Waals surface area (Å²) in [6.45, 7) is 4.87. The van der Waals surface area contributed by atoms with Crippen molar-refractivity contribution in [3.8, 4) is 11.5 Å². The van der Waals surface area contributed by atoms with Gasteiger partial charge in [0.15, 0.2) is 0 Å². The summed E-state index contributed by atoms with van der Waals surface area (Å²) in [7, 11) is 3.07. The van der Waals surface area contributed by atoms with E-state index in [2.05, 4.69) is 9.97 Å². The lowest BCUT2D eigenvalue weighted by atomic mass is 10.1. The van der Waals surface area contributed by atoms with Gasteiger partial charge in [0.05, 0.1) is 26.5 Å². The summed E-state index contributed by atoms with van der Waals surface area (Å²) in [4.78, 5) is 24.9. The van der Waals surface area contributed by atoms with Crippen LogP contribution in [0.2, 0.25) is 10.3 Å². The van der Waals surface area contributed by atoms with Gasteiger partial charge in [-0.1, -0.05) is 25.4 Å². The van der Waals surface area contributed by atoms with Crippen molar-refractivity contribution in [3.05, 3.63) is 34.2 Å². The average molecular weight is 439 g/mol. The maximum atomic E-state index is 13.3. The van der Waals surface area contributed by atoms with Gasteiger partial charge in [0, 0.05) is 30.4 Å². The van der Waals surface area contributed by atoms with Gasteiger partial charge in [0.1, 0.15) is 22.3 Å². The fourth-order valence-corrected chi connectivity index (χ4v) is 3.55. The highest BCUT2D eigenvalue weighted by molar-refractivity contribution is 6.35. The van der Waals surface area contributed by atoms with Crippen molar-refractivity contribution >= 4 is 40.7 Å². The zero-order chi connectivity index (χ0) is 21.1. The third-order valence-corrected chi connectivity index (χ3v) is 5.30. The highest BCUT2D eigenvalue weighted by Crippen LogP contribution is 2.42. The van der Waals surface area contributed by atoms with Gasteiger partial charge in [-0.15, -0.1) is 0 Å². The van der Waals surface area contributed by atoms with Gasteiger partial charge in [-0.25, -0.2) is 9.78 Å². The second-order valence-corrected chi connectivity index (χ2v) is 7.29. The number of nitrogens with zero attached hydrogens (tertiary/aromatic N) is 4. The fourth-order valence-electron chi connectivity index (χ4n) is 3.13. The number of anilines is 2. The smallest absolute Gasteiger partial charge is 0.330 e. The minimum Gasteiger partial charge on any atom is -0.497 e. The van der Waals surface area contributed by atoms with E-state index in [1.165, 1.54) is 7.11 Å². The van der Waals surface area contributed by atoms with Gasteiger partial charge in [0.25, 0.3) is 0 Å². The van der Waals surface area contributed by atoms with E-state index < -0.39 is 0 Å². The number of urea groups is 1. The fraction of sp³-hybridized carbons (Fsp3) is 0.450. The summed E-state index contributed by atoms with van der Waals surface area (Å²) >= 11 is 12.5. The molecule has 0 spiro atoms. The molecule has 1 saturated carbocycles. The summed E-state index contributed by atoms with van der Waals surface area (Å²) in [5.41, 5.74) is 1.32. The number of methoxy groups -OCH3 is 2. The number of hydrogen-bond donors (Lipinski definition) is 0. The number of benzene rings is 1. The Morgan fingerprint density at radius 2 is 1.90 bits per heavy atom. The van der Waals surface area contributed by atoms with Crippen molar-refractivity contribution < 1.29 is 14.3 Å². The van der Waals surface area contributed by atoms with Crippen LogP contribution < -0.4 is 19.3 Å². The Labute approximate surface area is 180 Å². The lowest BCUT2D eigenvalue weighted by Crippen LogP contribution is -2.49. The summed E-state index contributed by atoms with van der Waals surface area (Å²) < 4.78 is 10.7. The second kappa shape index (κ2) is 9.05. The number of ether oxygens (including phenoxy) is 2. The van der Waals surface area contributed by atoms with Crippen molar-refractivity contribution in [2.75, 3.05) is 30.6 Å². The highest BCUT2D eigenvalue weighted by atomic mass is 35.5. The topological polar surface area (TPSA) is 67.8 Å². The molecule has 0 saturated heterocycles. The van der Waals surface area contributed by atoms with E-state index in [1.807, 2.05) is 13.8 Å². The van der Waals surface area contributed by atoms with Crippen molar-refractivity contribution in [2.45, 2.75) is 33.2 Å². The minimum absolute atomic E-state index is 0.122. The van der Waals surface area contributed by atoms with Crippen molar-refractivity contribution in [1.82, 2.24) is 9.97 Å². The molecule has 0 radical (unpaired) electrons. The number of amides is 2. The van der Waals surface area contributed by atoms with Crippen molar-refractivity contribution in [3.63, 3.8) is 0 Å². The largest absolute Gasteiger partial charge is 0.497 e. The van der Waals surface area contributed by atoms with E-state index in [0.29, 0.717) is 40.5 Å². The molecule has 29 heavy (non-hydrogen) atoms. The van der Waals surface area contributed by atoms with Gasteiger partial charge in [0.2, 0.25) is 5.28 Å². The van der Waals surface area contributed by atoms with E-state index >= 15 is 0 Å². The van der Waals surface area contributed by atoms with Gasteiger partial charge in [-0.05, 0) is 30.4 Å². The van der Waals surface area contributed by atoms with Crippen LogP contribution in [0.15, 0.2) is 18.3 Å². The van der Waals surface area contributed by atoms with Crippen molar-refractivity contribution in [2.24, 2.45) is 5.92 Å². The van der Waals surface area contributed by atoms with Crippen LogP contribution in [0.4, 0.5) is 16.3 Å². The standard InChI is InChI=1S/C18H18Cl2N4O3.C2H6/c1-26-12-5-13(15(19)14(6-12)27-2)23-9-11-7-21-17(20)22-16(11)24(18(23)25)8-10-3-4-10;1-2/h5-7,10H,3-4,8-9H2,1-2H3;1-2H3. The maximum absolute atomic E-state index is 13.3. The molecule has 1 fully saturated rings. The van der Waals surface area contributed by atoms with Gasteiger partial charge in [-0.3, -0.25) is 9.80 Å². The van der Waals surface area contributed by atoms with Crippen LogP contribution in [0.1, 0.15) is 32.3 Å². The molecule has 156 valence electrons. The Balaban J connectivity index is 0.00000117. The maximum Gasteiger partial charge on any atom is 0.330 e. The monoisotopic (exact) mass is 438 g/mol. The molecule has 1 aromatic heterocycles. The Bertz CT molecular complexity index is 906. The van der Waals surface area contributed by atoms with Crippen LogP contribution >= 0.6 is 23.2 Å². The van der Waals surface area contributed by atoms with Crippen LogP contribution in [-0.4, -0.2) is 36.8 Å². The first-order chi connectivity index (χ1) is 14.0. The quantitative estimate of drug-likeness (QED) is 0.601. The Morgan fingerprint density at radius 3 is 2.52 bits per heavy atom. The third kappa shape index (κ3) is 4.36. The number of carbonyl (C=O) groups is 1. The number of halogens is 2.